The van der Waals surface area contributed by atoms with Crippen LogP contribution in [0.15, 0.2) is 279 Å². The molecule has 12 aromatic carbocycles. The van der Waals surface area contributed by atoms with Gasteiger partial charge in [0.25, 0.3) is 0 Å². The maximum absolute atomic E-state index is 2.47. The maximum atomic E-state index is 2.47. The first-order valence-electron chi connectivity index (χ1n) is 28.1. The Balaban J connectivity index is 0.839. The number of para-hydroxylation sites is 2. The Labute approximate surface area is 469 Å². The average molecular weight is 1020 g/mol. The fourth-order valence-corrected chi connectivity index (χ4v) is 13.9. The molecule has 0 saturated carbocycles. The summed E-state index contributed by atoms with van der Waals surface area (Å²) in [6, 6.07) is 104. The zero-order valence-electron chi connectivity index (χ0n) is 45.5. The molecule has 0 aliphatic heterocycles. The van der Waals surface area contributed by atoms with E-state index in [2.05, 4.69) is 316 Å². The number of benzene rings is 12. The lowest BCUT2D eigenvalue weighted by molar-refractivity contribution is 0.660. The van der Waals surface area contributed by atoms with E-state index in [4.69, 9.17) is 0 Å². The van der Waals surface area contributed by atoms with E-state index in [1.54, 1.807) is 0 Å². The van der Waals surface area contributed by atoms with Crippen molar-refractivity contribution in [2.24, 2.45) is 0 Å². The molecule has 0 amide bonds. The van der Waals surface area contributed by atoms with Crippen LogP contribution in [0.25, 0.3) is 83.1 Å². The first-order valence-corrected chi connectivity index (χ1v) is 28.1. The van der Waals surface area contributed by atoms with Crippen LogP contribution < -0.4 is 4.90 Å². The van der Waals surface area contributed by atoms with Gasteiger partial charge in [0.05, 0.1) is 22.1 Å². The van der Waals surface area contributed by atoms with Gasteiger partial charge in [-0.15, -0.1) is 0 Å². The topological polar surface area (TPSA) is 8.17 Å². The summed E-state index contributed by atoms with van der Waals surface area (Å²) in [4.78, 5) is 2.47. The molecule has 0 N–H and O–H groups in total. The minimum absolute atomic E-state index is 0.172. The lowest BCUT2D eigenvalue weighted by Crippen LogP contribution is -2.28. The summed E-state index contributed by atoms with van der Waals surface area (Å²) in [6.07, 6.45) is 0. The summed E-state index contributed by atoms with van der Waals surface area (Å²) >= 11 is 0. The monoisotopic (exact) mass is 1020 g/mol. The zero-order valence-corrected chi connectivity index (χ0v) is 45.5. The van der Waals surface area contributed by atoms with E-state index in [0.29, 0.717) is 0 Å². The van der Waals surface area contributed by atoms with E-state index in [-0.39, 0.29) is 5.41 Å². The van der Waals surface area contributed by atoms with E-state index >= 15 is 0 Å². The summed E-state index contributed by atoms with van der Waals surface area (Å²) in [5, 5.41) is 2.48. The molecule has 15 rings (SSSR count). The number of anilines is 3. The first-order chi connectivity index (χ1) is 39.2. The molecule has 2 aliphatic carbocycles. The summed E-state index contributed by atoms with van der Waals surface area (Å²) < 4.78 is 2.47. The fraction of sp³-hybridized carbons (Fsp3) is 0.0769. The number of nitrogens with zero attached hydrogens (tertiary/aromatic N) is 2. The van der Waals surface area contributed by atoms with Crippen molar-refractivity contribution in [1.82, 2.24) is 4.57 Å². The predicted molar refractivity (Wildman–Crippen MR) is 336 cm³/mol. The number of aromatic nitrogens is 1. The Morgan fingerprint density at radius 3 is 1.57 bits per heavy atom. The molecule has 0 unspecified atom stereocenters. The van der Waals surface area contributed by atoms with Gasteiger partial charge in [-0.3, -0.25) is 0 Å². The molecule has 2 nitrogen and oxygen atoms in total. The van der Waals surface area contributed by atoms with Crippen molar-refractivity contribution in [2.45, 2.75) is 38.5 Å². The molecule has 0 radical (unpaired) electrons. The third-order valence-corrected chi connectivity index (χ3v) is 17.5. The van der Waals surface area contributed by atoms with Crippen molar-refractivity contribution >= 4 is 38.9 Å². The van der Waals surface area contributed by atoms with Gasteiger partial charge in [0.1, 0.15) is 0 Å². The lowest BCUT2D eigenvalue weighted by Gasteiger charge is -2.35. The number of rotatable bonds is 9. The van der Waals surface area contributed by atoms with Gasteiger partial charge in [-0.25, -0.2) is 0 Å². The minimum Gasteiger partial charge on any atom is -0.310 e. The lowest BCUT2D eigenvalue weighted by atomic mass is 9.67. The summed E-state index contributed by atoms with van der Waals surface area (Å²) in [5.41, 5.74) is 29.0. The highest BCUT2D eigenvalue weighted by atomic mass is 15.1. The number of hydrogen-bond acceptors (Lipinski definition) is 1. The van der Waals surface area contributed by atoms with Gasteiger partial charge >= 0.3 is 0 Å². The van der Waals surface area contributed by atoms with Crippen LogP contribution in [0, 0.1) is 13.8 Å². The highest BCUT2D eigenvalue weighted by molar-refractivity contribution is 6.10. The number of fused-ring (bicyclic) bond motifs is 9. The second kappa shape index (κ2) is 18.4. The quantitative estimate of drug-likeness (QED) is 0.140. The van der Waals surface area contributed by atoms with E-state index in [9.17, 15) is 0 Å². The molecule has 13 aromatic rings. The molecule has 1 heterocycles. The van der Waals surface area contributed by atoms with Crippen LogP contribution in [0.2, 0.25) is 0 Å². The Morgan fingerprint density at radius 1 is 0.312 bits per heavy atom. The molecule has 0 fully saturated rings. The molecular weight excluding hydrogens is 965 g/mol. The van der Waals surface area contributed by atoms with Gasteiger partial charge < -0.3 is 9.47 Å². The smallest absolute Gasteiger partial charge is 0.0714 e. The second-order valence-corrected chi connectivity index (χ2v) is 22.6. The Bertz CT molecular complexity index is 4500. The van der Waals surface area contributed by atoms with Gasteiger partial charge in [-0.05, 0) is 164 Å². The fourth-order valence-electron chi connectivity index (χ4n) is 13.9. The van der Waals surface area contributed by atoms with Crippen LogP contribution in [-0.2, 0) is 10.8 Å². The van der Waals surface area contributed by atoms with Gasteiger partial charge in [0, 0.05) is 38.8 Å². The molecule has 0 spiro atoms. The molecule has 380 valence electrons. The maximum Gasteiger partial charge on any atom is 0.0714 e. The van der Waals surface area contributed by atoms with Crippen LogP contribution in [-0.4, -0.2) is 4.57 Å². The third-order valence-electron chi connectivity index (χ3n) is 17.5. The SMILES string of the molecule is Cc1cc(C)cc(-c2ccc3c(c2)C(C)(C)c2cc(-n4c5ccccc5c5cc(-c6ccc(N(c7ccc8c(c7)C(c7ccccc7)(c7ccccc7)c7ccccc7-8)c7ccccc7-c7ccccc7)cc6)ccc54)ccc2-3)c1. The van der Waals surface area contributed by atoms with E-state index in [0.717, 1.165) is 22.6 Å². The molecule has 0 atom stereocenters. The van der Waals surface area contributed by atoms with Crippen molar-refractivity contribution in [1.29, 1.82) is 0 Å². The van der Waals surface area contributed by atoms with Gasteiger partial charge in [-0.1, -0.05) is 237 Å². The van der Waals surface area contributed by atoms with Gasteiger partial charge in [0.15, 0.2) is 0 Å². The van der Waals surface area contributed by atoms with Crippen LogP contribution in [0.3, 0.4) is 0 Å². The Hall–Kier alpha value is -9.76. The summed E-state index contributed by atoms with van der Waals surface area (Å²) in [6.45, 7) is 9.17. The van der Waals surface area contributed by atoms with Crippen LogP contribution in [0.5, 0.6) is 0 Å². The minimum atomic E-state index is -0.532. The standard InChI is InChI=1S/C78H58N2/c1-51-44-52(2)46-57(45-51)56-34-40-65-66-41-39-62(49-72(66)77(3,4)71(65)48-56)80-75-31-19-16-28-68(75)69-47-55(35-43-76(69)80)53-32-36-60(37-33-53)79(74-30-18-15-26-63(74)54-20-8-5-9-21-54)61-38-42-67-64-27-14-17-29-70(64)78(73(67)50-61,58-22-10-6-11-23-58)59-24-12-7-13-25-59/h5-50H,1-4H3. The van der Waals surface area contributed by atoms with Gasteiger partial charge in [-0.2, -0.15) is 0 Å². The number of aryl methyl sites for hydroxylation is 2. The molecule has 0 saturated heterocycles. The van der Waals surface area contributed by atoms with Crippen molar-refractivity contribution in [3.63, 3.8) is 0 Å². The van der Waals surface area contributed by atoms with E-state index in [1.165, 1.54) is 122 Å². The Kier molecular flexibility index (Phi) is 10.9. The first kappa shape index (κ1) is 47.5. The van der Waals surface area contributed by atoms with Crippen LogP contribution in [0.1, 0.15) is 58.4 Å². The van der Waals surface area contributed by atoms with Crippen molar-refractivity contribution in [2.75, 3.05) is 4.90 Å². The summed E-state index contributed by atoms with van der Waals surface area (Å²) in [5.74, 6) is 0. The molecule has 80 heavy (non-hydrogen) atoms. The summed E-state index contributed by atoms with van der Waals surface area (Å²) in [7, 11) is 0. The highest BCUT2D eigenvalue weighted by Gasteiger charge is 2.46. The third kappa shape index (κ3) is 7.32. The highest BCUT2D eigenvalue weighted by Crippen LogP contribution is 2.58. The van der Waals surface area contributed by atoms with E-state index < -0.39 is 5.41 Å². The number of hydrogen-bond donors (Lipinski definition) is 0. The molecule has 2 aliphatic rings. The Morgan fingerprint density at radius 2 is 0.838 bits per heavy atom. The molecule has 2 heteroatoms. The largest absolute Gasteiger partial charge is 0.310 e. The van der Waals surface area contributed by atoms with Crippen molar-refractivity contribution in [3.8, 4) is 61.3 Å². The normalized spacial score (nSPS) is 13.4. The van der Waals surface area contributed by atoms with Crippen molar-refractivity contribution < 1.29 is 0 Å². The van der Waals surface area contributed by atoms with Crippen LogP contribution in [0.4, 0.5) is 17.1 Å². The zero-order chi connectivity index (χ0) is 53.7. The van der Waals surface area contributed by atoms with Crippen molar-refractivity contribution in [3.05, 3.63) is 324 Å². The molecular formula is C78H58N2. The van der Waals surface area contributed by atoms with Crippen LogP contribution >= 0.6 is 0 Å². The molecule has 1 aromatic heterocycles. The second-order valence-electron chi connectivity index (χ2n) is 22.6. The van der Waals surface area contributed by atoms with E-state index in [1.807, 2.05) is 0 Å². The predicted octanol–water partition coefficient (Wildman–Crippen LogP) is 20.5. The van der Waals surface area contributed by atoms with Gasteiger partial charge in [0.2, 0.25) is 0 Å². The molecule has 0 bridgehead atoms. The average Bonchev–Trinajstić information content (AvgIpc) is 4.14.